The van der Waals surface area contributed by atoms with Crippen LogP contribution in [0.3, 0.4) is 0 Å². The molecule has 0 amide bonds. The zero-order valence-electron chi connectivity index (χ0n) is 15.4. The minimum atomic E-state index is -1.69. The molecule has 0 aromatic heterocycles. The van der Waals surface area contributed by atoms with Crippen LogP contribution in [0.2, 0.25) is 18.1 Å². The van der Waals surface area contributed by atoms with Crippen LogP contribution in [0.25, 0.3) is 0 Å². The van der Waals surface area contributed by atoms with E-state index in [2.05, 4.69) is 52.2 Å². The van der Waals surface area contributed by atoms with Crippen LogP contribution in [0.15, 0.2) is 11.6 Å². The third-order valence-electron chi connectivity index (χ3n) is 6.73. The molecule has 22 heavy (non-hydrogen) atoms. The highest BCUT2D eigenvalue weighted by Crippen LogP contribution is 2.45. The normalized spacial score (nSPS) is 39.2. The Kier molecular flexibility index (Phi) is 4.37. The second kappa shape index (κ2) is 5.75. The van der Waals surface area contributed by atoms with Crippen LogP contribution in [0.4, 0.5) is 0 Å². The number of rotatable bonds is 2. The average Bonchev–Trinajstić information content (AvgIpc) is 2.64. The number of nitrogens with one attached hydrogen (secondary N) is 1. The molecule has 3 heteroatoms. The van der Waals surface area contributed by atoms with Gasteiger partial charge in [-0.1, -0.05) is 39.3 Å². The summed E-state index contributed by atoms with van der Waals surface area (Å²) in [6, 6.07) is 0.557. The molecular formula is C19H35NOSi. The van der Waals surface area contributed by atoms with Gasteiger partial charge in [-0.15, -0.1) is 0 Å². The Morgan fingerprint density at radius 2 is 1.95 bits per heavy atom. The lowest BCUT2D eigenvalue weighted by atomic mass is 9.77. The lowest BCUT2D eigenvalue weighted by molar-refractivity contribution is 0.0707. The van der Waals surface area contributed by atoms with Gasteiger partial charge in [0, 0.05) is 6.04 Å². The van der Waals surface area contributed by atoms with Crippen molar-refractivity contribution in [1.29, 1.82) is 0 Å². The molecule has 2 saturated heterocycles. The van der Waals surface area contributed by atoms with Gasteiger partial charge in [0.15, 0.2) is 8.32 Å². The summed E-state index contributed by atoms with van der Waals surface area (Å²) in [5.74, 6) is 2.35. The molecule has 2 aliphatic carbocycles. The smallest absolute Gasteiger partial charge is 0.192 e. The highest BCUT2D eigenvalue weighted by atomic mass is 28.4. The molecule has 0 aromatic carbocycles. The van der Waals surface area contributed by atoms with E-state index in [1.807, 2.05) is 0 Å². The molecule has 2 bridgehead atoms. The summed E-state index contributed by atoms with van der Waals surface area (Å²) >= 11 is 0. The number of hydrogen-bond donors (Lipinski definition) is 1. The maximum absolute atomic E-state index is 6.89. The molecule has 4 aliphatic rings. The molecule has 4 unspecified atom stereocenters. The predicted molar refractivity (Wildman–Crippen MR) is 96.6 cm³/mol. The first-order valence-corrected chi connectivity index (χ1v) is 12.2. The summed E-state index contributed by atoms with van der Waals surface area (Å²) in [5, 5.41) is 4.18. The van der Waals surface area contributed by atoms with Crippen LogP contribution >= 0.6 is 0 Å². The maximum atomic E-state index is 6.89. The Morgan fingerprint density at radius 3 is 2.64 bits per heavy atom. The summed E-state index contributed by atoms with van der Waals surface area (Å²) < 4.78 is 6.89. The van der Waals surface area contributed by atoms with Crippen LogP contribution < -0.4 is 5.32 Å². The predicted octanol–water partition coefficient (Wildman–Crippen LogP) is 4.73. The van der Waals surface area contributed by atoms with Crippen molar-refractivity contribution in [3.05, 3.63) is 11.6 Å². The Morgan fingerprint density at radius 1 is 1.23 bits per heavy atom. The number of piperidine rings is 1. The molecule has 2 heterocycles. The third-order valence-corrected chi connectivity index (χ3v) is 11.2. The molecule has 4 rings (SSSR count). The van der Waals surface area contributed by atoms with Crippen molar-refractivity contribution in [2.24, 2.45) is 17.8 Å². The Hall–Kier alpha value is -0.123. The molecule has 2 aliphatic heterocycles. The minimum absolute atomic E-state index is 0.303. The first-order chi connectivity index (χ1) is 10.2. The minimum Gasteiger partial charge on any atom is -0.412 e. The van der Waals surface area contributed by atoms with Gasteiger partial charge in [-0.3, -0.25) is 0 Å². The summed E-state index contributed by atoms with van der Waals surface area (Å²) in [4.78, 5) is 0. The Labute approximate surface area is 138 Å². The van der Waals surface area contributed by atoms with Crippen molar-refractivity contribution in [3.63, 3.8) is 0 Å². The molecular weight excluding hydrogens is 286 g/mol. The average molecular weight is 322 g/mol. The molecule has 5 atom stereocenters. The van der Waals surface area contributed by atoms with E-state index in [0.717, 1.165) is 17.8 Å². The first kappa shape index (κ1) is 16.7. The second-order valence-corrected chi connectivity index (χ2v) is 14.4. The van der Waals surface area contributed by atoms with Crippen molar-refractivity contribution < 1.29 is 4.43 Å². The quantitative estimate of drug-likeness (QED) is 0.586. The van der Waals surface area contributed by atoms with Crippen LogP contribution in [0.1, 0.15) is 53.4 Å². The molecule has 3 fully saturated rings. The van der Waals surface area contributed by atoms with E-state index >= 15 is 0 Å². The zero-order chi connectivity index (χ0) is 16.1. The van der Waals surface area contributed by atoms with Crippen molar-refractivity contribution >= 4 is 8.32 Å². The summed E-state index contributed by atoms with van der Waals surface area (Å²) in [5.41, 5.74) is 1.75. The molecule has 1 saturated carbocycles. The monoisotopic (exact) mass is 321 g/mol. The van der Waals surface area contributed by atoms with Crippen LogP contribution in [-0.4, -0.2) is 27.0 Å². The zero-order valence-corrected chi connectivity index (χ0v) is 16.4. The fraction of sp³-hybridized carbons (Fsp3) is 0.895. The molecule has 2 nitrogen and oxygen atoms in total. The van der Waals surface area contributed by atoms with Crippen molar-refractivity contribution in [2.75, 3.05) is 6.54 Å². The van der Waals surface area contributed by atoms with E-state index in [-0.39, 0.29) is 0 Å². The van der Waals surface area contributed by atoms with E-state index in [9.17, 15) is 0 Å². The fourth-order valence-electron chi connectivity index (χ4n) is 4.36. The lowest BCUT2D eigenvalue weighted by Crippen LogP contribution is -2.56. The molecule has 126 valence electrons. The largest absolute Gasteiger partial charge is 0.412 e. The second-order valence-electron chi connectivity index (χ2n) is 9.62. The summed E-state index contributed by atoms with van der Waals surface area (Å²) in [6.45, 7) is 15.5. The SMILES string of the molecule is CC1CC=C2C[C@H]3CNC(C(O[Si](C)(C)C(C)(C)C)C3)C2C1. The van der Waals surface area contributed by atoms with Gasteiger partial charge in [-0.25, -0.2) is 0 Å². The van der Waals surface area contributed by atoms with Gasteiger partial charge in [0.2, 0.25) is 0 Å². The topological polar surface area (TPSA) is 21.3 Å². The standard InChI is InChI=1S/C19H35NOSi/c1-13-7-8-15-10-14-11-17(18(20-12-14)16(15)9-13)21-22(5,6)19(2,3)4/h8,13-14,16-18,20H,7,9-12H2,1-6H3/t13?,14-,16?,17?,18?/m1/s1. The van der Waals surface area contributed by atoms with E-state index in [4.69, 9.17) is 4.43 Å². The van der Waals surface area contributed by atoms with E-state index in [0.29, 0.717) is 17.2 Å². The summed E-state index contributed by atoms with van der Waals surface area (Å²) in [6.07, 6.45) is 8.23. The molecule has 0 radical (unpaired) electrons. The van der Waals surface area contributed by atoms with Gasteiger partial charge in [0.1, 0.15) is 0 Å². The van der Waals surface area contributed by atoms with Crippen molar-refractivity contribution in [2.45, 2.75) is 83.7 Å². The lowest BCUT2D eigenvalue weighted by Gasteiger charge is -2.45. The van der Waals surface area contributed by atoms with E-state index in [1.165, 1.54) is 32.2 Å². The summed E-state index contributed by atoms with van der Waals surface area (Å²) in [7, 11) is -1.69. The fourth-order valence-corrected chi connectivity index (χ4v) is 5.71. The highest BCUT2D eigenvalue weighted by Gasteiger charge is 2.47. The van der Waals surface area contributed by atoms with Crippen LogP contribution in [-0.2, 0) is 4.43 Å². The van der Waals surface area contributed by atoms with E-state index < -0.39 is 8.32 Å². The van der Waals surface area contributed by atoms with Gasteiger partial charge in [-0.2, -0.15) is 0 Å². The first-order valence-electron chi connectivity index (χ1n) is 9.27. The third kappa shape index (κ3) is 3.09. The number of fused-ring (bicyclic) bond motifs is 2. The van der Waals surface area contributed by atoms with Gasteiger partial charge in [0.25, 0.3) is 0 Å². The van der Waals surface area contributed by atoms with Crippen LogP contribution in [0, 0.1) is 17.8 Å². The van der Waals surface area contributed by atoms with Crippen molar-refractivity contribution in [1.82, 2.24) is 5.32 Å². The Balaban J connectivity index is 1.82. The number of hydrogen-bond acceptors (Lipinski definition) is 2. The Bertz CT molecular complexity index is 451. The van der Waals surface area contributed by atoms with Crippen LogP contribution in [0.5, 0.6) is 0 Å². The van der Waals surface area contributed by atoms with Gasteiger partial charge < -0.3 is 9.74 Å². The van der Waals surface area contributed by atoms with Gasteiger partial charge >= 0.3 is 0 Å². The highest BCUT2D eigenvalue weighted by molar-refractivity contribution is 6.74. The number of allylic oxidation sites excluding steroid dienone is 1. The molecule has 0 aromatic rings. The van der Waals surface area contributed by atoms with Gasteiger partial charge in [0.05, 0.1) is 6.10 Å². The van der Waals surface area contributed by atoms with E-state index in [1.54, 1.807) is 5.57 Å². The maximum Gasteiger partial charge on any atom is 0.192 e. The molecule has 1 N–H and O–H groups in total. The van der Waals surface area contributed by atoms with Crippen molar-refractivity contribution in [3.8, 4) is 0 Å². The molecule has 0 spiro atoms. The van der Waals surface area contributed by atoms with Gasteiger partial charge in [-0.05, 0) is 68.1 Å².